The first-order chi connectivity index (χ1) is 13.1. The van der Waals surface area contributed by atoms with Gasteiger partial charge >= 0.3 is 5.97 Å². The van der Waals surface area contributed by atoms with Crippen molar-refractivity contribution in [2.75, 3.05) is 11.1 Å². The Morgan fingerprint density at radius 3 is 2.85 bits per heavy atom. The molecule has 0 radical (unpaired) electrons. The van der Waals surface area contributed by atoms with Crippen LogP contribution in [-0.2, 0) is 16.1 Å². The maximum absolute atomic E-state index is 13.0. The van der Waals surface area contributed by atoms with Crippen molar-refractivity contribution < 1.29 is 18.7 Å². The zero-order valence-electron chi connectivity index (χ0n) is 13.9. The second-order valence-corrected chi connectivity index (χ2v) is 7.65. The number of halogens is 1. The number of carbonyl (C=O) groups excluding carboxylic acids is 2. The Balaban J connectivity index is 1.42. The van der Waals surface area contributed by atoms with Crippen molar-refractivity contribution in [1.29, 1.82) is 0 Å². The predicted octanol–water partition coefficient (Wildman–Crippen LogP) is 4.35. The third-order valence-electron chi connectivity index (χ3n) is 3.84. The first-order valence-electron chi connectivity index (χ1n) is 8.03. The van der Waals surface area contributed by atoms with Crippen LogP contribution in [0, 0.1) is 5.82 Å². The van der Waals surface area contributed by atoms with Crippen LogP contribution in [0.15, 0.2) is 52.7 Å². The third-order valence-corrected chi connectivity index (χ3v) is 5.86. The van der Waals surface area contributed by atoms with E-state index in [1.165, 1.54) is 35.2 Å². The Labute approximate surface area is 162 Å². The standard InChI is InChI=1S/C19H13FN2O3S2/c20-13-4-1-11(2-5-13)18-21-14(9-27-18)8-25-19(24)12-3-6-16-15(7-12)22-17(23)10-26-16/h1-7,9H,8,10H2,(H,22,23). The largest absolute Gasteiger partial charge is 0.456 e. The van der Waals surface area contributed by atoms with Crippen molar-refractivity contribution in [2.45, 2.75) is 11.5 Å². The summed E-state index contributed by atoms with van der Waals surface area (Å²) >= 11 is 2.83. The molecule has 2 aromatic carbocycles. The third kappa shape index (κ3) is 4.01. The molecule has 0 saturated carbocycles. The number of hydrogen-bond acceptors (Lipinski definition) is 6. The van der Waals surface area contributed by atoms with Gasteiger partial charge in [-0.1, -0.05) is 0 Å². The van der Waals surface area contributed by atoms with Gasteiger partial charge in [0, 0.05) is 15.8 Å². The topological polar surface area (TPSA) is 68.3 Å². The number of aromatic nitrogens is 1. The number of esters is 1. The summed E-state index contributed by atoms with van der Waals surface area (Å²) < 4.78 is 18.3. The van der Waals surface area contributed by atoms with Crippen LogP contribution in [0.5, 0.6) is 0 Å². The highest BCUT2D eigenvalue weighted by Gasteiger charge is 2.18. The molecular weight excluding hydrogens is 387 g/mol. The first-order valence-corrected chi connectivity index (χ1v) is 9.89. The summed E-state index contributed by atoms with van der Waals surface area (Å²) in [5.41, 5.74) is 2.42. The maximum atomic E-state index is 13.0. The molecule has 4 rings (SSSR count). The van der Waals surface area contributed by atoms with E-state index >= 15 is 0 Å². The van der Waals surface area contributed by atoms with Crippen molar-refractivity contribution >= 4 is 40.7 Å². The zero-order valence-corrected chi connectivity index (χ0v) is 15.5. The molecule has 0 atom stereocenters. The fraction of sp³-hybridized carbons (Fsp3) is 0.105. The second-order valence-electron chi connectivity index (χ2n) is 5.77. The van der Waals surface area contributed by atoms with Crippen LogP contribution < -0.4 is 5.32 Å². The van der Waals surface area contributed by atoms with E-state index in [4.69, 9.17) is 4.74 Å². The average molecular weight is 400 g/mol. The molecular formula is C19H13FN2O3S2. The lowest BCUT2D eigenvalue weighted by atomic mass is 10.2. The number of nitrogens with one attached hydrogen (secondary N) is 1. The van der Waals surface area contributed by atoms with Crippen LogP contribution >= 0.6 is 23.1 Å². The predicted molar refractivity (Wildman–Crippen MR) is 102 cm³/mol. The average Bonchev–Trinajstić information content (AvgIpc) is 3.15. The van der Waals surface area contributed by atoms with Gasteiger partial charge in [-0.05, 0) is 42.5 Å². The number of benzene rings is 2. The lowest BCUT2D eigenvalue weighted by Gasteiger charge is -2.16. The van der Waals surface area contributed by atoms with Crippen molar-refractivity contribution in [1.82, 2.24) is 4.98 Å². The Morgan fingerprint density at radius 2 is 2.04 bits per heavy atom. The van der Waals surface area contributed by atoms with E-state index in [9.17, 15) is 14.0 Å². The Morgan fingerprint density at radius 1 is 1.22 bits per heavy atom. The molecule has 1 aromatic heterocycles. The summed E-state index contributed by atoms with van der Waals surface area (Å²) in [5, 5.41) is 5.28. The minimum atomic E-state index is -0.487. The highest BCUT2D eigenvalue weighted by atomic mass is 32.2. The number of ether oxygens (including phenoxy) is 1. The lowest BCUT2D eigenvalue weighted by molar-refractivity contribution is -0.113. The fourth-order valence-corrected chi connectivity index (χ4v) is 4.13. The monoisotopic (exact) mass is 400 g/mol. The Bertz CT molecular complexity index is 1020. The summed E-state index contributed by atoms with van der Waals surface area (Å²) in [5.74, 6) is -0.506. The zero-order chi connectivity index (χ0) is 18.8. The van der Waals surface area contributed by atoms with Gasteiger partial charge in [0.05, 0.1) is 22.7 Å². The molecule has 5 nitrogen and oxygen atoms in total. The van der Waals surface area contributed by atoms with Crippen LogP contribution in [0.1, 0.15) is 16.1 Å². The van der Waals surface area contributed by atoms with Gasteiger partial charge in [-0.25, -0.2) is 14.2 Å². The van der Waals surface area contributed by atoms with Crippen LogP contribution in [0.2, 0.25) is 0 Å². The molecule has 0 fully saturated rings. The van der Waals surface area contributed by atoms with E-state index in [-0.39, 0.29) is 18.3 Å². The lowest BCUT2D eigenvalue weighted by Crippen LogP contribution is -2.19. The van der Waals surface area contributed by atoms with Crippen molar-refractivity contribution in [3.63, 3.8) is 0 Å². The number of hydrogen-bond donors (Lipinski definition) is 1. The summed E-state index contributed by atoms with van der Waals surface area (Å²) in [6, 6.07) is 11.2. The molecule has 0 aliphatic carbocycles. The maximum Gasteiger partial charge on any atom is 0.338 e. The minimum absolute atomic E-state index is 0.0364. The number of rotatable bonds is 4. The van der Waals surface area contributed by atoms with Crippen molar-refractivity contribution in [3.8, 4) is 10.6 Å². The van der Waals surface area contributed by atoms with Gasteiger partial charge in [-0.3, -0.25) is 4.79 Å². The van der Waals surface area contributed by atoms with E-state index in [1.54, 1.807) is 35.7 Å². The molecule has 1 aliphatic rings. The van der Waals surface area contributed by atoms with Gasteiger partial charge in [0.2, 0.25) is 5.91 Å². The van der Waals surface area contributed by atoms with Crippen molar-refractivity contribution in [3.05, 3.63) is 64.9 Å². The Kier molecular flexibility index (Phi) is 4.91. The second kappa shape index (κ2) is 7.50. The number of thiazole rings is 1. The number of anilines is 1. The molecule has 27 heavy (non-hydrogen) atoms. The molecule has 0 spiro atoms. The summed E-state index contributed by atoms with van der Waals surface area (Å²) in [6.45, 7) is 0.0364. The summed E-state index contributed by atoms with van der Waals surface area (Å²) in [7, 11) is 0. The number of amides is 1. The van der Waals surface area contributed by atoms with E-state index in [1.807, 2.05) is 0 Å². The summed E-state index contributed by atoms with van der Waals surface area (Å²) in [6.07, 6.45) is 0. The Hall–Kier alpha value is -2.71. The highest BCUT2D eigenvalue weighted by Crippen LogP contribution is 2.32. The molecule has 2 heterocycles. The van der Waals surface area contributed by atoms with Crippen LogP contribution in [0.25, 0.3) is 10.6 Å². The first kappa shape index (κ1) is 17.7. The summed E-state index contributed by atoms with van der Waals surface area (Å²) in [4.78, 5) is 29.1. The van der Waals surface area contributed by atoms with E-state index in [0.717, 1.165) is 15.5 Å². The molecule has 8 heteroatoms. The number of nitrogens with zero attached hydrogens (tertiary/aromatic N) is 1. The fourth-order valence-electron chi connectivity index (χ4n) is 2.53. The van der Waals surface area contributed by atoms with Crippen molar-refractivity contribution in [2.24, 2.45) is 0 Å². The highest BCUT2D eigenvalue weighted by molar-refractivity contribution is 8.00. The van der Waals surface area contributed by atoms with Gasteiger partial charge in [0.1, 0.15) is 17.4 Å². The SMILES string of the molecule is O=C1CSc2ccc(C(=O)OCc3csc(-c4ccc(F)cc4)n3)cc2N1. The molecule has 1 amide bonds. The molecule has 0 bridgehead atoms. The quantitative estimate of drug-likeness (QED) is 0.660. The van der Waals surface area contributed by atoms with E-state index in [2.05, 4.69) is 10.3 Å². The van der Waals surface area contributed by atoms with E-state index in [0.29, 0.717) is 22.7 Å². The number of carbonyl (C=O) groups is 2. The van der Waals surface area contributed by atoms with Crippen LogP contribution in [-0.4, -0.2) is 22.6 Å². The molecule has 0 saturated heterocycles. The van der Waals surface area contributed by atoms with Crippen LogP contribution in [0.3, 0.4) is 0 Å². The molecule has 1 aliphatic heterocycles. The molecule has 3 aromatic rings. The minimum Gasteiger partial charge on any atom is -0.456 e. The van der Waals surface area contributed by atoms with Gasteiger partial charge in [-0.2, -0.15) is 0 Å². The van der Waals surface area contributed by atoms with Gasteiger partial charge < -0.3 is 10.1 Å². The molecule has 136 valence electrons. The van der Waals surface area contributed by atoms with Gasteiger partial charge in [-0.15, -0.1) is 23.1 Å². The van der Waals surface area contributed by atoms with E-state index < -0.39 is 5.97 Å². The normalized spacial score (nSPS) is 13.0. The number of fused-ring (bicyclic) bond motifs is 1. The van der Waals surface area contributed by atoms with Gasteiger partial charge in [0.15, 0.2) is 0 Å². The van der Waals surface area contributed by atoms with Gasteiger partial charge in [0.25, 0.3) is 0 Å². The van der Waals surface area contributed by atoms with Crippen LogP contribution in [0.4, 0.5) is 10.1 Å². The molecule has 1 N–H and O–H groups in total. The molecule has 0 unspecified atom stereocenters. The smallest absolute Gasteiger partial charge is 0.338 e. The number of thioether (sulfide) groups is 1.